The van der Waals surface area contributed by atoms with Crippen LogP contribution in [0.15, 0.2) is 24.3 Å². The predicted molar refractivity (Wildman–Crippen MR) is 60.9 cm³/mol. The third kappa shape index (κ3) is 2.92. The molecule has 1 heterocycles. The number of rotatable bonds is 3. The van der Waals surface area contributed by atoms with Crippen LogP contribution in [0.4, 0.5) is 14.5 Å². The van der Waals surface area contributed by atoms with Crippen molar-refractivity contribution in [3.8, 4) is 0 Å². The molecule has 0 amide bonds. The number of halogens is 2. The lowest BCUT2D eigenvalue weighted by molar-refractivity contribution is 0.151. The number of anilines is 1. The fraction of sp³-hybridized carbons (Fsp3) is 0.500. The number of hydrogen-bond acceptors (Lipinski definition) is 2. The Hall–Kier alpha value is -1.16. The SMILES string of the molecule is FC(F)c1ccc(NC2CCNCC2)cc1. The monoisotopic (exact) mass is 226 g/mol. The van der Waals surface area contributed by atoms with E-state index in [1.54, 1.807) is 12.1 Å². The van der Waals surface area contributed by atoms with Gasteiger partial charge in [0.25, 0.3) is 6.43 Å². The summed E-state index contributed by atoms with van der Waals surface area (Å²) in [6.07, 6.45) is -0.222. The molecular weight excluding hydrogens is 210 g/mol. The fourth-order valence-electron chi connectivity index (χ4n) is 1.93. The summed E-state index contributed by atoms with van der Waals surface area (Å²) in [5, 5.41) is 6.65. The van der Waals surface area contributed by atoms with E-state index in [0.29, 0.717) is 6.04 Å². The summed E-state index contributed by atoms with van der Waals surface area (Å²) in [5.41, 5.74) is 1.01. The van der Waals surface area contributed by atoms with E-state index in [0.717, 1.165) is 31.6 Å². The third-order valence-corrected chi connectivity index (χ3v) is 2.87. The molecule has 0 atom stereocenters. The number of piperidine rings is 1. The Bertz CT molecular complexity index is 318. The lowest BCUT2D eigenvalue weighted by atomic mass is 10.1. The third-order valence-electron chi connectivity index (χ3n) is 2.87. The molecule has 1 fully saturated rings. The van der Waals surface area contributed by atoms with Crippen molar-refractivity contribution in [3.05, 3.63) is 29.8 Å². The van der Waals surface area contributed by atoms with Gasteiger partial charge in [-0.05, 0) is 38.1 Å². The van der Waals surface area contributed by atoms with Gasteiger partial charge in [-0.15, -0.1) is 0 Å². The standard InChI is InChI=1S/C12H16F2N2/c13-12(14)9-1-3-10(4-2-9)16-11-5-7-15-8-6-11/h1-4,11-12,15-16H,5-8H2. The second-order valence-electron chi connectivity index (χ2n) is 4.09. The van der Waals surface area contributed by atoms with Crippen LogP contribution in [0, 0.1) is 0 Å². The molecule has 0 saturated carbocycles. The first-order chi connectivity index (χ1) is 7.75. The molecule has 1 aromatic carbocycles. The van der Waals surface area contributed by atoms with Crippen molar-refractivity contribution < 1.29 is 8.78 Å². The first-order valence-electron chi connectivity index (χ1n) is 5.61. The number of benzene rings is 1. The van der Waals surface area contributed by atoms with Crippen LogP contribution in [0.3, 0.4) is 0 Å². The van der Waals surface area contributed by atoms with Crippen molar-refractivity contribution in [2.75, 3.05) is 18.4 Å². The summed E-state index contributed by atoms with van der Waals surface area (Å²) in [6, 6.07) is 6.87. The van der Waals surface area contributed by atoms with Gasteiger partial charge in [0.2, 0.25) is 0 Å². The molecule has 4 heteroatoms. The normalized spacial score (nSPS) is 17.7. The van der Waals surface area contributed by atoms with Gasteiger partial charge in [-0.25, -0.2) is 8.78 Å². The molecule has 1 aliphatic heterocycles. The quantitative estimate of drug-likeness (QED) is 0.828. The van der Waals surface area contributed by atoms with E-state index in [4.69, 9.17) is 0 Å². The summed E-state index contributed by atoms with van der Waals surface area (Å²) in [5.74, 6) is 0. The molecule has 2 rings (SSSR count). The molecule has 16 heavy (non-hydrogen) atoms. The summed E-state index contributed by atoms with van der Waals surface area (Å²) in [4.78, 5) is 0. The average Bonchev–Trinajstić information content (AvgIpc) is 2.31. The van der Waals surface area contributed by atoms with Gasteiger partial charge in [-0.1, -0.05) is 12.1 Å². The van der Waals surface area contributed by atoms with Crippen LogP contribution in [0.25, 0.3) is 0 Å². The number of hydrogen-bond donors (Lipinski definition) is 2. The molecule has 2 N–H and O–H groups in total. The van der Waals surface area contributed by atoms with Crippen molar-refractivity contribution >= 4 is 5.69 Å². The zero-order valence-electron chi connectivity index (χ0n) is 9.05. The van der Waals surface area contributed by atoms with Crippen LogP contribution in [0.1, 0.15) is 24.8 Å². The minimum atomic E-state index is -2.38. The highest BCUT2D eigenvalue weighted by molar-refractivity contribution is 5.45. The van der Waals surface area contributed by atoms with Crippen LogP contribution in [0.2, 0.25) is 0 Å². The Morgan fingerprint density at radius 2 is 1.75 bits per heavy atom. The summed E-state index contributed by atoms with van der Waals surface area (Å²) >= 11 is 0. The fourth-order valence-corrected chi connectivity index (χ4v) is 1.93. The highest BCUT2D eigenvalue weighted by Crippen LogP contribution is 2.21. The summed E-state index contributed by atoms with van der Waals surface area (Å²) in [7, 11) is 0. The van der Waals surface area contributed by atoms with Gasteiger partial charge in [-0.2, -0.15) is 0 Å². The minimum absolute atomic E-state index is 0.0795. The van der Waals surface area contributed by atoms with E-state index >= 15 is 0 Å². The molecule has 0 unspecified atom stereocenters. The zero-order valence-corrected chi connectivity index (χ0v) is 9.05. The van der Waals surface area contributed by atoms with Crippen LogP contribution in [-0.2, 0) is 0 Å². The zero-order chi connectivity index (χ0) is 11.4. The highest BCUT2D eigenvalue weighted by Gasteiger charge is 2.12. The molecule has 0 radical (unpaired) electrons. The molecule has 0 aromatic heterocycles. The van der Waals surface area contributed by atoms with Gasteiger partial charge in [0.1, 0.15) is 0 Å². The van der Waals surface area contributed by atoms with E-state index in [9.17, 15) is 8.78 Å². The van der Waals surface area contributed by atoms with Gasteiger partial charge in [0, 0.05) is 17.3 Å². The molecule has 0 bridgehead atoms. The summed E-state index contributed by atoms with van der Waals surface area (Å²) < 4.78 is 24.7. The van der Waals surface area contributed by atoms with Crippen LogP contribution in [-0.4, -0.2) is 19.1 Å². The molecule has 0 aliphatic carbocycles. The molecule has 88 valence electrons. The molecule has 1 aromatic rings. The van der Waals surface area contributed by atoms with E-state index in [1.165, 1.54) is 12.1 Å². The first-order valence-corrected chi connectivity index (χ1v) is 5.61. The maximum absolute atomic E-state index is 12.3. The van der Waals surface area contributed by atoms with Gasteiger partial charge in [0.15, 0.2) is 0 Å². The van der Waals surface area contributed by atoms with E-state index in [-0.39, 0.29) is 5.56 Å². The lowest BCUT2D eigenvalue weighted by Crippen LogP contribution is -2.35. The van der Waals surface area contributed by atoms with Gasteiger partial charge in [-0.3, -0.25) is 0 Å². The van der Waals surface area contributed by atoms with Gasteiger partial charge < -0.3 is 10.6 Å². The topological polar surface area (TPSA) is 24.1 Å². The van der Waals surface area contributed by atoms with Crippen LogP contribution >= 0.6 is 0 Å². The Morgan fingerprint density at radius 1 is 1.12 bits per heavy atom. The Kier molecular flexibility index (Phi) is 3.72. The van der Waals surface area contributed by atoms with Gasteiger partial charge in [0.05, 0.1) is 0 Å². The van der Waals surface area contributed by atoms with E-state index in [1.807, 2.05) is 0 Å². The smallest absolute Gasteiger partial charge is 0.263 e. The minimum Gasteiger partial charge on any atom is -0.382 e. The largest absolute Gasteiger partial charge is 0.382 e. The molecule has 1 saturated heterocycles. The van der Waals surface area contributed by atoms with Gasteiger partial charge >= 0.3 is 0 Å². The van der Waals surface area contributed by atoms with Crippen molar-refractivity contribution in [2.24, 2.45) is 0 Å². The molecule has 2 nitrogen and oxygen atoms in total. The Balaban J connectivity index is 1.93. The average molecular weight is 226 g/mol. The maximum atomic E-state index is 12.3. The highest BCUT2D eigenvalue weighted by atomic mass is 19.3. The predicted octanol–water partition coefficient (Wildman–Crippen LogP) is 2.79. The lowest BCUT2D eigenvalue weighted by Gasteiger charge is -2.24. The molecular formula is C12H16F2N2. The first kappa shape index (κ1) is 11.3. The number of alkyl halides is 2. The second kappa shape index (κ2) is 5.25. The van der Waals surface area contributed by atoms with Crippen molar-refractivity contribution in [1.82, 2.24) is 5.32 Å². The number of nitrogens with one attached hydrogen (secondary N) is 2. The maximum Gasteiger partial charge on any atom is 0.263 e. The Labute approximate surface area is 94.0 Å². The van der Waals surface area contributed by atoms with Crippen molar-refractivity contribution in [2.45, 2.75) is 25.3 Å². The molecule has 0 spiro atoms. The molecule has 1 aliphatic rings. The van der Waals surface area contributed by atoms with Crippen molar-refractivity contribution in [1.29, 1.82) is 0 Å². The van der Waals surface area contributed by atoms with Crippen LogP contribution < -0.4 is 10.6 Å². The van der Waals surface area contributed by atoms with Crippen molar-refractivity contribution in [3.63, 3.8) is 0 Å². The summed E-state index contributed by atoms with van der Waals surface area (Å²) in [6.45, 7) is 2.04. The van der Waals surface area contributed by atoms with E-state index in [2.05, 4.69) is 10.6 Å². The second-order valence-corrected chi connectivity index (χ2v) is 4.09. The Morgan fingerprint density at radius 3 is 2.31 bits per heavy atom. The van der Waals surface area contributed by atoms with Crippen LogP contribution in [0.5, 0.6) is 0 Å². The van der Waals surface area contributed by atoms with E-state index < -0.39 is 6.43 Å².